The van der Waals surface area contributed by atoms with Crippen LogP contribution in [-0.4, -0.2) is 28.0 Å². The maximum atomic E-state index is 11.3. The Morgan fingerprint density at radius 2 is 2.14 bits per heavy atom. The van der Waals surface area contributed by atoms with E-state index in [0.717, 1.165) is 19.3 Å². The van der Waals surface area contributed by atoms with Crippen molar-refractivity contribution in [1.29, 1.82) is 0 Å². The third kappa shape index (κ3) is 5.02. The van der Waals surface area contributed by atoms with Crippen molar-refractivity contribution in [2.24, 2.45) is 0 Å². The predicted octanol–water partition coefficient (Wildman–Crippen LogP) is 3.11. The summed E-state index contributed by atoms with van der Waals surface area (Å²) in [5.74, 6) is 0.768. The number of nitrogens with zero attached hydrogens (tertiary/aromatic N) is 3. The van der Waals surface area contributed by atoms with Crippen LogP contribution in [0.3, 0.4) is 0 Å². The van der Waals surface area contributed by atoms with Crippen LogP contribution in [0.1, 0.15) is 38.9 Å². The van der Waals surface area contributed by atoms with E-state index in [-0.39, 0.29) is 17.4 Å². The van der Waals surface area contributed by atoms with Gasteiger partial charge in [0.1, 0.15) is 5.82 Å². The van der Waals surface area contributed by atoms with Crippen molar-refractivity contribution in [3.8, 4) is 5.88 Å². The van der Waals surface area contributed by atoms with Gasteiger partial charge in [0.05, 0.1) is 11.5 Å². The average molecular weight is 294 g/mol. The molecule has 0 aliphatic rings. The van der Waals surface area contributed by atoms with E-state index in [1.54, 1.807) is 6.08 Å². The molecule has 0 aliphatic heterocycles. The number of rotatable bonds is 10. The van der Waals surface area contributed by atoms with E-state index < -0.39 is 4.92 Å². The number of anilines is 1. The first kappa shape index (κ1) is 16.9. The lowest BCUT2D eigenvalue weighted by molar-refractivity contribution is -0.385. The zero-order valence-electron chi connectivity index (χ0n) is 12.6. The van der Waals surface area contributed by atoms with Crippen LogP contribution in [0.15, 0.2) is 12.7 Å². The first-order chi connectivity index (χ1) is 10.1. The summed E-state index contributed by atoms with van der Waals surface area (Å²) >= 11 is 0. The van der Waals surface area contributed by atoms with Gasteiger partial charge in [0.15, 0.2) is 0 Å². The van der Waals surface area contributed by atoms with Gasteiger partial charge in [-0.2, -0.15) is 4.98 Å². The molecule has 0 fully saturated rings. The number of aryl methyl sites for hydroxylation is 1. The summed E-state index contributed by atoms with van der Waals surface area (Å²) < 4.78 is 5.49. The Morgan fingerprint density at radius 3 is 2.71 bits per heavy atom. The normalized spacial score (nSPS) is 10.2. The van der Waals surface area contributed by atoms with Crippen molar-refractivity contribution in [2.45, 2.75) is 39.5 Å². The SMILES string of the molecule is C=CCNc1nc(CCC)nc(OCCCC)c1[N+](=O)[O-]. The number of aromatic nitrogens is 2. The molecule has 0 bridgehead atoms. The fourth-order valence-electron chi connectivity index (χ4n) is 1.68. The summed E-state index contributed by atoms with van der Waals surface area (Å²) in [6.45, 7) is 8.40. The van der Waals surface area contributed by atoms with Gasteiger partial charge < -0.3 is 10.1 Å². The van der Waals surface area contributed by atoms with Gasteiger partial charge >= 0.3 is 5.69 Å². The second-order valence-electron chi connectivity index (χ2n) is 4.52. The molecule has 0 unspecified atom stereocenters. The minimum Gasteiger partial charge on any atom is -0.473 e. The zero-order valence-corrected chi connectivity index (χ0v) is 12.6. The van der Waals surface area contributed by atoms with E-state index >= 15 is 0 Å². The molecule has 0 spiro atoms. The Bertz CT molecular complexity index is 491. The molecule has 0 saturated carbocycles. The van der Waals surface area contributed by atoms with E-state index in [4.69, 9.17) is 4.74 Å². The smallest absolute Gasteiger partial charge is 0.372 e. The Kier molecular flexibility index (Phi) is 7.14. The lowest BCUT2D eigenvalue weighted by atomic mass is 10.3. The molecule has 0 aliphatic carbocycles. The fraction of sp³-hybridized carbons (Fsp3) is 0.571. The molecular formula is C14H22N4O3. The molecule has 1 N–H and O–H groups in total. The van der Waals surface area contributed by atoms with E-state index in [1.807, 2.05) is 13.8 Å². The van der Waals surface area contributed by atoms with Gasteiger partial charge in [0, 0.05) is 13.0 Å². The number of hydrogen-bond donors (Lipinski definition) is 1. The summed E-state index contributed by atoms with van der Waals surface area (Å²) in [4.78, 5) is 19.2. The Balaban J connectivity index is 3.17. The van der Waals surface area contributed by atoms with Crippen molar-refractivity contribution >= 4 is 11.5 Å². The van der Waals surface area contributed by atoms with E-state index in [2.05, 4.69) is 21.9 Å². The van der Waals surface area contributed by atoms with Crippen LogP contribution in [-0.2, 0) is 6.42 Å². The molecular weight excluding hydrogens is 272 g/mol. The van der Waals surface area contributed by atoms with Crippen LogP contribution in [0.4, 0.5) is 11.5 Å². The molecule has 0 atom stereocenters. The second kappa shape index (κ2) is 8.89. The monoisotopic (exact) mass is 294 g/mol. The topological polar surface area (TPSA) is 90.2 Å². The van der Waals surface area contributed by atoms with Gasteiger partial charge in [-0.05, 0) is 12.8 Å². The van der Waals surface area contributed by atoms with Crippen molar-refractivity contribution < 1.29 is 9.66 Å². The van der Waals surface area contributed by atoms with Gasteiger partial charge in [0.2, 0.25) is 5.82 Å². The van der Waals surface area contributed by atoms with E-state index in [9.17, 15) is 10.1 Å². The highest BCUT2D eigenvalue weighted by molar-refractivity contribution is 5.62. The number of ether oxygens (including phenoxy) is 1. The summed E-state index contributed by atoms with van der Waals surface area (Å²) in [6.07, 6.45) is 4.88. The van der Waals surface area contributed by atoms with Crippen LogP contribution < -0.4 is 10.1 Å². The van der Waals surface area contributed by atoms with Crippen LogP contribution in [0.2, 0.25) is 0 Å². The quantitative estimate of drug-likeness (QED) is 0.308. The minimum absolute atomic E-state index is 0.0402. The number of nitro groups is 1. The van der Waals surface area contributed by atoms with E-state index in [0.29, 0.717) is 25.4 Å². The second-order valence-corrected chi connectivity index (χ2v) is 4.52. The molecule has 1 heterocycles. The molecule has 0 amide bonds. The maximum Gasteiger partial charge on any atom is 0.372 e. The van der Waals surface area contributed by atoms with Gasteiger partial charge in [-0.15, -0.1) is 6.58 Å². The first-order valence-electron chi connectivity index (χ1n) is 7.16. The highest BCUT2D eigenvalue weighted by Crippen LogP contribution is 2.32. The molecule has 0 saturated heterocycles. The highest BCUT2D eigenvalue weighted by Gasteiger charge is 2.25. The number of hydrogen-bond acceptors (Lipinski definition) is 6. The minimum atomic E-state index is -0.511. The Morgan fingerprint density at radius 1 is 1.38 bits per heavy atom. The molecule has 116 valence electrons. The molecule has 1 rings (SSSR count). The standard InChI is InChI=1S/C14H22N4O3/c1-4-7-10-21-14-12(18(19)20)13(15-9-6-3)16-11(17-14)8-5-2/h6H,3-5,7-10H2,1-2H3,(H,15,16,17). The highest BCUT2D eigenvalue weighted by atomic mass is 16.6. The van der Waals surface area contributed by atoms with Crippen LogP contribution in [0, 0.1) is 10.1 Å². The summed E-state index contributed by atoms with van der Waals surface area (Å²) in [7, 11) is 0. The maximum absolute atomic E-state index is 11.3. The molecule has 1 aromatic rings. The largest absolute Gasteiger partial charge is 0.473 e. The van der Waals surface area contributed by atoms with Crippen LogP contribution in [0.5, 0.6) is 5.88 Å². The lowest BCUT2D eigenvalue weighted by Crippen LogP contribution is -2.11. The number of nitrogens with one attached hydrogen (secondary N) is 1. The lowest BCUT2D eigenvalue weighted by Gasteiger charge is -2.10. The molecule has 21 heavy (non-hydrogen) atoms. The van der Waals surface area contributed by atoms with E-state index in [1.165, 1.54) is 0 Å². The van der Waals surface area contributed by atoms with Gasteiger partial charge in [-0.3, -0.25) is 10.1 Å². The van der Waals surface area contributed by atoms with Crippen LogP contribution >= 0.6 is 0 Å². The predicted molar refractivity (Wildman–Crippen MR) is 81.8 cm³/mol. The van der Waals surface area contributed by atoms with Crippen molar-refractivity contribution in [3.05, 3.63) is 28.6 Å². The van der Waals surface area contributed by atoms with Gasteiger partial charge in [-0.1, -0.05) is 26.3 Å². The number of unbranched alkanes of at least 4 members (excludes halogenated alkanes) is 1. The zero-order chi connectivity index (χ0) is 15.7. The first-order valence-corrected chi connectivity index (χ1v) is 7.16. The van der Waals surface area contributed by atoms with Gasteiger partial charge in [-0.25, -0.2) is 4.98 Å². The molecule has 0 aromatic carbocycles. The third-order valence-electron chi connectivity index (χ3n) is 2.71. The molecule has 1 aromatic heterocycles. The molecule has 0 radical (unpaired) electrons. The Labute approximate surface area is 124 Å². The molecule has 7 nitrogen and oxygen atoms in total. The third-order valence-corrected chi connectivity index (χ3v) is 2.71. The summed E-state index contributed by atoms with van der Waals surface area (Å²) in [5.41, 5.74) is -0.215. The summed E-state index contributed by atoms with van der Waals surface area (Å²) in [6, 6.07) is 0. The summed E-state index contributed by atoms with van der Waals surface area (Å²) in [5, 5.41) is 14.2. The van der Waals surface area contributed by atoms with Gasteiger partial charge in [0.25, 0.3) is 5.88 Å². The fourth-order valence-corrected chi connectivity index (χ4v) is 1.68. The van der Waals surface area contributed by atoms with Crippen molar-refractivity contribution in [3.63, 3.8) is 0 Å². The van der Waals surface area contributed by atoms with Crippen LogP contribution in [0.25, 0.3) is 0 Å². The average Bonchev–Trinajstić information content (AvgIpc) is 2.45. The Hall–Kier alpha value is -2.18. The van der Waals surface area contributed by atoms with Crippen molar-refractivity contribution in [2.75, 3.05) is 18.5 Å². The molecule has 7 heteroatoms. The van der Waals surface area contributed by atoms with Crippen molar-refractivity contribution in [1.82, 2.24) is 9.97 Å².